The number of ether oxygens (including phenoxy) is 2. The highest BCUT2D eigenvalue weighted by molar-refractivity contribution is 5.85. The molecule has 126 valence electrons. The fourth-order valence-corrected chi connectivity index (χ4v) is 2.17. The second kappa shape index (κ2) is 10.4. The molecule has 0 radical (unpaired) electrons. The number of halogens is 1. The zero-order chi connectivity index (χ0) is 15.0. The van der Waals surface area contributed by atoms with Gasteiger partial charge in [0.25, 0.3) is 0 Å². The lowest BCUT2D eigenvalue weighted by Gasteiger charge is -2.28. The average molecular weight is 323 g/mol. The molecule has 0 saturated carbocycles. The molecule has 2 unspecified atom stereocenters. The normalized spacial score (nSPS) is 20.5. The predicted octanol–water partition coefficient (Wildman–Crippen LogP) is 2.02. The van der Waals surface area contributed by atoms with Crippen molar-refractivity contribution in [2.45, 2.75) is 70.6 Å². The maximum absolute atomic E-state index is 12.0. The van der Waals surface area contributed by atoms with E-state index in [0.717, 1.165) is 32.3 Å². The molecule has 1 amide bonds. The SMILES string of the molecule is CCC(N)(CC)CNC(=O)C(C)OCC1CCCCO1.Cl. The van der Waals surface area contributed by atoms with Gasteiger partial charge in [-0.25, -0.2) is 0 Å². The molecule has 1 fully saturated rings. The Bertz CT molecular complexity index is 293. The Morgan fingerprint density at radius 1 is 1.43 bits per heavy atom. The molecule has 0 spiro atoms. The second-order valence-corrected chi connectivity index (χ2v) is 5.75. The van der Waals surface area contributed by atoms with E-state index >= 15 is 0 Å². The van der Waals surface area contributed by atoms with Crippen molar-refractivity contribution < 1.29 is 14.3 Å². The van der Waals surface area contributed by atoms with Crippen LogP contribution in [-0.4, -0.2) is 43.4 Å². The molecule has 0 bridgehead atoms. The summed E-state index contributed by atoms with van der Waals surface area (Å²) in [5.74, 6) is -0.0995. The van der Waals surface area contributed by atoms with Gasteiger partial charge in [-0.15, -0.1) is 12.4 Å². The minimum atomic E-state index is -0.460. The first-order valence-electron chi connectivity index (χ1n) is 7.80. The van der Waals surface area contributed by atoms with Gasteiger partial charge in [0.1, 0.15) is 6.10 Å². The van der Waals surface area contributed by atoms with Gasteiger partial charge in [-0.1, -0.05) is 13.8 Å². The Hall–Kier alpha value is -0.360. The molecule has 1 saturated heterocycles. The molecular formula is C15H31ClN2O3. The summed E-state index contributed by atoms with van der Waals surface area (Å²) >= 11 is 0. The maximum Gasteiger partial charge on any atom is 0.248 e. The molecule has 1 rings (SSSR count). The van der Waals surface area contributed by atoms with Crippen LogP contribution in [0.4, 0.5) is 0 Å². The number of hydrogen-bond acceptors (Lipinski definition) is 4. The molecule has 0 aromatic heterocycles. The first-order valence-corrected chi connectivity index (χ1v) is 7.80. The molecule has 21 heavy (non-hydrogen) atoms. The quantitative estimate of drug-likeness (QED) is 0.717. The second-order valence-electron chi connectivity index (χ2n) is 5.75. The molecule has 1 aliphatic rings. The zero-order valence-corrected chi connectivity index (χ0v) is 14.3. The van der Waals surface area contributed by atoms with Crippen molar-refractivity contribution in [3.8, 4) is 0 Å². The number of hydrogen-bond donors (Lipinski definition) is 2. The molecule has 0 aromatic rings. The van der Waals surface area contributed by atoms with Crippen LogP contribution in [0, 0.1) is 0 Å². The Labute approximate surface area is 134 Å². The van der Waals surface area contributed by atoms with Gasteiger partial charge in [0, 0.05) is 18.7 Å². The van der Waals surface area contributed by atoms with E-state index in [1.807, 2.05) is 13.8 Å². The molecule has 5 nitrogen and oxygen atoms in total. The number of nitrogens with two attached hydrogens (primary N) is 1. The highest BCUT2D eigenvalue weighted by Gasteiger charge is 2.23. The van der Waals surface area contributed by atoms with Crippen LogP contribution in [0.1, 0.15) is 52.9 Å². The van der Waals surface area contributed by atoms with E-state index < -0.39 is 6.10 Å². The Morgan fingerprint density at radius 3 is 2.62 bits per heavy atom. The minimum absolute atomic E-state index is 0. The lowest BCUT2D eigenvalue weighted by Crippen LogP contribution is -2.51. The Balaban J connectivity index is 0.00000400. The number of carbonyl (C=O) groups is 1. The van der Waals surface area contributed by atoms with E-state index in [2.05, 4.69) is 5.32 Å². The third kappa shape index (κ3) is 7.45. The topological polar surface area (TPSA) is 73.6 Å². The van der Waals surface area contributed by atoms with E-state index in [0.29, 0.717) is 13.2 Å². The maximum atomic E-state index is 12.0. The summed E-state index contributed by atoms with van der Waals surface area (Å²) in [4.78, 5) is 12.0. The Morgan fingerprint density at radius 2 is 2.10 bits per heavy atom. The van der Waals surface area contributed by atoms with Gasteiger partial charge in [0.2, 0.25) is 5.91 Å². The van der Waals surface area contributed by atoms with E-state index in [-0.39, 0.29) is 30.0 Å². The van der Waals surface area contributed by atoms with E-state index in [1.54, 1.807) is 6.92 Å². The van der Waals surface area contributed by atoms with E-state index in [9.17, 15) is 4.79 Å². The summed E-state index contributed by atoms with van der Waals surface area (Å²) < 4.78 is 11.2. The van der Waals surface area contributed by atoms with Gasteiger partial charge in [-0.05, 0) is 39.0 Å². The first kappa shape index (κ1) is 20.6. The number of rotatable bonds is 8. The number of amides is 1. The van der Waals surface area contributed by atoms with Crippen LogP contribution >= 0.6 is 12.4 Å². The highest BCUT2D eigenvalue weighted by Crippen LogP contribution is 2.13. The molecule has 3 N–H and O–H groups in total. The minimum Gasteiger partial charge on any atom is -0.376 e. The van der Waals surface area contributed by atoms with Gasteiger partial charge in [0.15, 0.2) is 0 Å². The molecule has 1 heterocycles. The molecule has 2 atom stereocenters. The van der Waals surface area contributed by atoms with Crippen molar-refractivity contribution in [1.82, 2.24) is 5.32 Å². The van der Waals surface area contributed by atoms with Crippen LogP contribution in [0.2, 0.25) is 0 Å². The Kier molecular flexibility index (Phi) is 10.2. The summed E-state index contributed by atoms with van der Waals surface area (Å²) in [6.45, 7) is 7.63. The van der Waals surface area contributed by atoms with Crippen LogP contribution in [0.3, 0.4) is 0 Å². The molecule has 6 heteroatoms. The van der Waals surface area contributed by atoms with Crippen LogP contribution in [0.15, 0.2) is 0 Å². The van der Waals surface area contributed by atoms with Gasteiger partial charge in [-0.3, -0.25) is 4.79 Å². The van der Waals surface area contributed by atoms with Crippen LogP contribution in [0.5, 0.6) is 0 Å². The van der Waals surface area contributed by atoms with Gasteiger partial charge in [-0.2, -0.15) is 0 Å². The fourth-order valence-electron chi connectivity index (χ4n) is 2.17. The number of carbonyl (C=O) groups excluding carboxylic acids is 1. The summed E-state index contributed by atoms with van der Waals surface area (Å²) in [5.41, 5.74) is 5.84. The zero-order valence-electron chi connectivity index (χ0n) is 13.5. The van der Waals surface area contributed by atoms with Gasteiger partial charge in [0.05, 0.1) is 12.7 Å². The van der Waals surface area contributed by atoms with Crippen LogP contribution < -0.4 is 11.1 Å². The molecule has 0 aromatic carbocycles. The van der Waals surface area contributed by atoms with E-state index in [1.165, 1.54) is 6.42 Å². The molecular weight excluding hydrogens is 292 g/mol. The standard InChI is InChI=1S/C15H30N2O3.ClH/c1-4-15(16,5-2)11-17-14(18)12(3)20-10-13-8-6-7-9-19-13;/h12-13H,4-11,16H2,1-3H3,(H,17,18);1H. The summed E-state index contributed by atoms with van der Waals surface area (Å²) in [7, 11) is 0. The van der Waals surface area contributed by atoms with Crippen molar-refractivity contribution in [1.29, 1.82) is 0 Å². The third-order valence-electron chi connectivity index (χ3n) is 4.20. The smallest absolute Gasteiger partial charge is 0.248 e. The monoisotopic (exact) mass is 322 g/mol. The average Bonchev–Trinajstić information content (AvgIpc) is 2.50. The van der Waals surface area contributed by atoms with E-state index in [4.69, 9.17) is 15.2 Å². The lowest BCUT2D eigenvalue weighted by molar-refractivity contribution is -0.135. The van der Waals surface area contributed by atoms with Gasteiger partial charge < -0.3 is 20.5 Å². The van der Waals surface area contributed by atoms with Crippen molar-refractivity contribution >= 4 is 18.3 Å². The van der Waals surface area contributed by atoms with Crippen molar-refractivity contribution in [3.05, 3.63) is 0 Å². The van der Waals surface area contributed by atoms with Crippen molar-refractivity contribution in [2.75, 3.05) is 19.8 Å². The first-order chi connectivity index (χ1) is 9.50. The predicted molar refractivity (Wildman–Crippen MR) is 86.8 cm³/mol. The summed E-state index contributed by atoms with van der Waals surface area (Å²) in [6.07, 6.45) is 4.68. The largest absolute Gasteiger partial charge is 0.376 e. The van der Waals surface area contributed by atoms with Gasteiger partial charge >= 0.3 is 0 Å². The van der Waals surface area contributed by atoms with Crippen molar-refractivity contribution in [3.63, 3.8) is 0 Å². The molecule has 0 aliphatic carbocycles. The lowest BCUT2D eigenvalue weighted by atomic mass is 9.94. The van der Waals surface area contributed by atoms with Crippen LogP contribution in [0.25, 0.3) is 0 Å². The fraction of sp³-hybridized carbons (Fsp3) is 0.933. The highest BCUT2D eigenvalue weighted by atomic mass is 35.5. The summed E-state index contributed by atoms with van der Waals surface area (Å²) in [6, 6.07) is 0. The van der Waals surface area contributed by atoms with Crippen LogP contribution in [-0.2, 0) is 14.3 Å². The summed E-state index contributed by atoms with van der Waals surface area (Å²) in [5, 5.41) is 2.88. The number of nitrogens with one attached hydrogen (secondary N) is 1. The van der Waals surface area contributed by atoms with Crippen molar-refractivity contribution in [2.24, 2.45) is 5.73 Å². The molecule has 1 aliphatic heterocycles. The third-order valence-corrected chi connectivity index (χ3v) is 4.20.